The Kier molecular flexibility index (Phi) is 5.84. The van der Waals surface area contributed by atoms with Gasteiger partial charge in [-0.3, -0.25) is 4.90 Å². The molecule has 0 saturated carbocycles. The van der Waals surface area contributed by atoms with Gasteiger partial charge in [-0.05, 0) is 37.6 Å². The van der Waals surface area contributed by atoms with Crippen LogP contribution in [0.2, 0.25) is 5.02 Å². The van der Waals surface area contributed by atoms with Crippen LogP contribution in [-0.2, 0) is 13.1 Å². The molecule has 1 aromatic heterocycles. The standard InChI is InChI=1S/C20H22ClN3O/c1-3-11-24(13-16-8-6-7-15(2)12-16)14-19-22-23-20(25-19)17-9-4-5-10-18(17)21/h4-10,12H,3,11,13-14H2,1-2H3. The zero-order valence-electron chi connectivity index (χ0n) is 14.6. The first-order chi connectivity index (χ1) is 12.2. The number of aromatic nitrogens is 2. The van der Waals surface area contributed by atoms with Crippen LogP contribution in [-0.4, -0.2) is 21.6 Å². The van der Waals surface area contributed by atoms with E-state index in [9.17, 15) is 0 Å². The molecule has 0 bridgehead atoms. The van der Waals surface area contributed by atoms with Crippen LogP contribution in [0.5, 0.6) is 0 Å². The van der Waals surface area contributed by atoms with Crippen LogP contribution in [0.25, 0.3) is 11.5 Å². The number of benzene rings is 2. The molecule has 3 rings (SSSR count). The van der Waals surface area contributed by atoms with Crippen LogP contribution < -0.4 is 0 Å². The summed E-state index contributed by atoms with van der Waals surface area (Å²) >= 11 is 6.21. The van der Waals surface area contributed by atoms with Crippen LogP contribution in [0.15, 0.2) is 52.9 Å². The first-order valence-corrected chi connectivity index (χ1v) is 8.88. The summed E-state index contributed by atoms with van der Waals surface area (Å²) in [6.07, 6.45) is 1.07. The fourth-order valence-corrected chi connectivity index (χ4v) is 3.07. The van der Waals surface area contributed by atoms with Crippen LogP contribution in [0, 0.1) is 6.92 Å². The van der Waals surface area contributed by atoms with E-state index in [0.717, 1.165) is 25.1 Å². The van der Waals surface area contributed by atoms with E-state index in [4.69, 9.17) is 16.0 Å². The fraction of sp³-hybridized carbons (Fsp3) is 0.300. The van der Waals surface area contributed by atoms with E-state index in [1.54, 1.807) is 0 Å². The second-order valence-corrected chi connectivity index (χ2v) is 6.59. The lowest BCUT2D eigenvalue weighted by Gasteiger charge is -2.20. The van der Waals surface area contributed by atoms with E-state index < -0.39 is 0 Å². The van der Waals surface area contributed by atoms with E-state index in [-0.39, 0.29) is 0 Å². The van der Waals surface area contributed by atoms with Gasteiger partial charge in [0.2, 0.25) is 11.8 Å². The van der Waals surface area contributed by atoms with Crippen molar-refractivity contribution in [2.45, 2.75) is 33.4 Å². The molecular weight excluding hydrogens is 334 g/mol. The molecule has 1 heterocycles. The second-order valence-electron chi connectivity index (χ2n) is 6.18. The lowest BCUT2D eigenvalue weighted by molar-refractivity contribution is 0.232. The van der Waals surface area contributed by atoms with Gasteiger partial charge in [0.25, 0.3) is 0 Å². The molecule has 0 aliphatic heterocycles. The molecule has 4 nitrogen and oxygen atoms in total. The van der Waals surface area contributed by atoms with Crippen molar-refractivity contribution in [3.8, 4) is 11.5 Å². The molecule has 0 radical (unpaired) electrons. The molecule has 130 valence electrons. The lowest BCUT2D eigenvalue weighted by Crippen LogP contribution is -2.23. The van der Waals surface area contributed by atoms with Crippen molar-refractivity contribution in [3.05, 3.63) is 70.6 Å². The highest BCUT2D eigenvalue weighted by Crippen LogP contribution is 2.26. The molecule has 0 fully saturated rings. The maximum Gasteiger partial charge on any atom is 0.249 e. The predicted octanol–water partition coefficient (Wildman–Crippen LogP) is 5.11. The van der Waals surface area contributed by atoms with Crippen LogP contribution in [0.1, 0.15) is 30.4 Å². The van der Waals surface area contributed by atoms with Crippen molar-refractivity contribution in [2.24, 2.45) is 0 Å². The molecule has 5 heteroatoms. The Morgan fingerprint density at radius 2 is 1.88 bits per heavy atom. The normalized spacial score (nSPS) is 11.2. The summed E-state index contributed by atoms with van der Waals surface area (Å²) in [5, 5.41) is 8.97. The molecule has 0 amide bonds. The van der Waals surface area contributed by atoms with Crippen molar-refractivity contribution in [1.29, 1.82) is 0 Å². The summed E-state index contributed by atoms with van der Waals surface area (Å²) in [5.74, 6) is 1.07. The Balaban J connectivity index is 1.73. The minimum Gasteiger partial charge on any atom is -0.419 e. The zero-order valence-corrected chi connectivity index (χ0v) is 15.3. The Morgan fingerprint density at radius 3 is 2.64 bits per heavy atom. The van der Waals surface area contributed by atoms with Gasteiger partial charge in [0.1, 0.15) is 0 Å². The third-order valence-electron chi connectivity index (χ3n) is 3.96. The highest BCUT2D eigenvalue weighted by molar-refractivity contribution is 6.33. The Bertz CT molecular complexity index is 831. The van der Waals surface area contributed by atoms with Crippen LogP contribution >= 0.6 is 11.6 Å². The minimum absolute atomic E-state index is 0.465. The summed E-state index contributed by atoms with van der Waals surface area (Å²) in [6.45, 7) is 6.74. The van der Waals surface area contributed by atoms with Crippen molar-refractivity contribution >= 4 is 11.6 Å². The molecule has 3 aromatic rings. The number of aryl methyl sites for hydroxylation is 1. The molecule has 0 N–H and O–H groups in total. The second kappa shape index (κ2) is 8.28. The summed E-state index contributed by atoms with van der Waals surface area (Å²) in [7, 11) is 0. The minimum atomic E-state index is 0.465. The first-order valence-electron chi connectivity index (χ1n) is 8.51. The summed E-state index contributed by atoms with van der Waals surface area (Å²) < 4.78 is 5.84. The predicted molar refractivity (Wildman–Crippen MR) is 100 cm³/mol. The fourth-order valence-electron chi connectivity index (χ4n) is 2.85. The molecular formula is C20H22ClN3O. The SMILES string of the molecule is CCCN(Cc1cccc(C)c1)Cc1nnc(-c2ccccc2Cl)o1. The summed E-state index contributed by atoms with van der Waals surface area (Å²) in [6, 6.07) is 16.1. The largest absolute Gasteiger partial charge is 0.419 e. The summed E-state index contributed by atoms with van der Waals surface area (Å²) in [4.78, 5) is 2.32. The number of halogens is 1. The van der Waals surface area contributed by atoms with Gasteiger partial charge >= 0.3 is 0 Å². The van der Waals surface area contributed by atoms with Crippen molar-refractivity contribution in [1.82, 2.24) is 15.1 Å². The third kappa shape index (κ3) is 4.68. The molecule has 0 atom stereocenters. The van der Waals surface area contributed by atoms with Gasteiger partial charge in [0.05, 0.1) is 17.1 Å². The van der Waals surface area contributed by atoms with Crippen LogP contribution in [0.3, 0.4) is 0 Å². The van der Waals surface area contributed by atoms with Gasteiger partial charge in [-0.25, -0.2) is 0 Å². The smallest absolute Gasteiger partial charge is 0.249 e. The molecule has 2 aromatic carbocycles. The average molecular weight is 356 g/mol. The number of rotatable bonds is 7. The van der Waals surface area contributed by atoms with Gasteiger partial charge in [0, 0.05) is 6.54 Å². The maximum atomic E-state index is 6.21. The van der Waals surface area contributed by atoms with Gasteiger partial charge < -0.3 is 4.42 Å². The molecule has 0 aliphatic rings. The van der Waals surface area contributed by atoms with E-state index in [0.29, 0.717) is 23.3 Å². The van der Waals surface area contributed by atoms with Crippen LogP contribution in [0.4, 0.5) is 0 Å². The first kappa shape index (κ1) is 17.6. The number of nitrogens with zero attached hydrogens (tertiary/aromatic N) is 3. The maximum absolute atomic E-state index is 6.21. The lowest BCUT2D eigenvalue weighted by atomic mass is 10.1. The Labute approximate surface area is 153 Å². The average Bonchev–Trinajstić information content (AvgIpc) is 3.04. The van der Waals surface area contributed by atoms with Crippen molar-refractivity contribution in [2.75, 3.05) is 6.54 Å². The quantitative estimate of drug-likeness (QED) is 0.590. The Hall–Kier alpha value is -2.17. The number of hydrogen-bond donors (Lipinski definition) is 0. The van der Waals surface area contributed by atoms with E-state index >= 15 is 0 Å². The topological polar surface area (TPSA) is 42.2 Å². The third-order valence-corrected chi connectivity index (χ3v) is 4.29. The molecule has 25 heavy (non-hydrogen) atoms. The zero-order chi connectivity index (χ0) is 17.6. The molecule has 0 saturated heterocycles. The molecule has 0 aliphatic carbocycles. The molecule has 0 spiro atoms. The van der Waals surface area contributed by atoms with Gasteiger partial charge in [-0.15, -0.1) is 10.2 Å². The summed E-state index contributed by atoms with van der Waals surface area (Å²) in [5.41, 5.74) is 3.33. The Morgan fingerprint density at radius 1 is 1.04 bits per heavy atom. The van der Waals surface area contributed by atoms with Gasteiger partial charge in [-0.2, -0.15) is 0 Å². The van der Waals surface area contributed by atoms with Gasteiger partial charge in [-0.1, -0.05) is 60.5 Å². The highest BCUT2D eigenvalue weighted by atomic mass is 35.5. The highest BCUT2D eigenvalue weighted by Gasteiger charge is 2.14. The van der Waals surface area contributed by atoms with Crippen molar-refractivity contribution < 1.29 is 4.42 Å². The van der Waals surface area contributed by atoms with E-state index in [1.165, 1.54) is 11.1 Å². The monoisotopic (exact) mass is 355 g/mol. The van der Waals surface area contributed by atoms with E-state index in [1.807, 2.05) is 24.3 Å². The molecule has 0 unspecified atom stereocenters. The van der Waals surface area contributed by atoms with Crippen molar-refractivity contribution in [3.63, 3.8) is 0 Å². The van der Waals surface area contributed by atoms with Gasteiger partial charge in [0.15, 0.2) is 0 Å². The van der Waals surface area contributed by atoms with E-state index in [2.05, 4.69) is 53.2 Å². The number of hydrogen-bond acceptors (Lipinski definition) is 4.